The topological polar surface area (TPSA) is 170 Å². The van der Waals surface area contributed by atoms with Gasteiger partial charge in [-0.25, -0.2) is 14.4 Å². The van der Waals surface area contributed by atoms with Crippen molar-refractivity contribution in [2.45, 2.75) is 93.7 Å². The summed E-state index contributed by atoms with van der Waals surface area (Å²) in [5.74, 6) is -3.13. The van der Waals surface area contributed by atoms with E-state index >= 15 is 0 Å². The van der Waals surface area contributed by atoms with E-state index in [2.05, 4.69) is 0 Å². The number of hydrogen-bond donors (Lipinski definition) is 2. The lowest BCUT2D eigenvalue weighted by atomic mass is 9.79. The molecular formula is C31H49NO11. The van der Waals surface area contributed by atoms with Crippen molar-refractivity contribution in [3.8, 4) is 11.5 Å². The van der Waals surface area contributed by atoms with Gasteiger partial charge in [0, 0.05) is 11.8 Å². The van der Waals surface area contributed by atoms with Crippen molar-refractivity contribution in [2.24, 2.45) is 28.4 Å². The van der Waals surface area contributed by atoms with E-state index in [0.29, 0.717) is 5.56 Å². The molecule has 0 saturated carbocycles. The van der Waals surface area contributed by atoms with Crippen molar-refractivity contribution in [1.29, 1.82) is 0 Å². The molecule has 0 aliphatic carbocycles. The molecule has 4 unspecified atom stereocenters. The van der Waals surface area contributed by atoms with Gasteiger partial charge in [0.05, 0.1) is 19.8 Å². The molecule has 43 heavy (non-hydrogen) atoms. The van der Waals surface area contributed by atoms with Crippen molar-refractivity contribution < 1.29 is 52.7 Å². The van der Waals surface area contributed by atoms with Gasteiger partial charge in [0.1, 0.15) is 12.1 Å². The van der Waals surface area contributed by atoms with E-state index in [9.17, 15) is 24.3 Å². The van der Waals surface area contributed by atoms with Crippen LogP contribution in [-0.4, -0.2) is 61.5 Å². The molecule has 3 N–H and O–H groups in total. The zero-order chi connectivity index (χ0) is 33.1. The molecule has 0 aliphatic heterocycles. The van der Waals surface area contributed by atoms with E-state index in [-0.39, 0.29) is 48.1 Å². The van der Waals surface area contributed by atoms with Crippen LogP contribution in [0.15, 0.2) is 18.2 Å². The third kappa shape index (κ3) is 14.0. The summed E-state index contributed by atoms with van der Waals surface area (Å²) in [5.41, 5.74) is 5.76. The lowest BCUT2D eigenvalue weighted by molar-refractivity contribution is -0.139. The highest BCUT2D eigenvalue weighted by Gasteiger charge is 2.36. The highest BCUT2D eigenvalue weighted by atomic mass is 16.7. The smallest absolute Gasteiger partial charge is 0.480 e. The lowest BCUT2D eigenvalue weighted by Gasteiger charge is -2.31. The molecule has 0 bridgehead atoms. The van der Waals surface area contributed by atoms with Crippen LogP contribution in [0.25, 0.3) is 0 Å². The number of benzene rings is 1. The number of carbonyl (C=O) groups is 4. The third-order valence-electron chi connectivity index (χ3n) is 6.43. The number of carboxylic acid groups (broad SMARTS) is 1. The summed E-state index contributed by atoms with van der Waals surface area (Å²) in [5, 5.41) is 9.81. The largest absolute Gasteiger partial charge is 0.513 e. The molecule has 5 atom stereocenters. The normalized spacial score (nSPS) is 15.2. The zero-order valence-electron chi connectivity index (χ0n) is 27.1. The molecule has 0 heterocycles. The number of hydrogen-bond acceptors (Lipinski definition) is 11. The minimum Gasteiger partial charge on any atom is -0.480 e. The van der Waals surface area contributed by atoms with E-state index in [0.717, 1.165) is 6.42 Å². The van der Waals surface area contributed by atoms with E-state index in [4.69, 9.17) is 34.2 Å². The Bertz CT molecular complexity index is 1090. The fraction of sp³-hybridized carbons (Fsp3) is 0.677. The maximum absolute atomic E-state index is 12.6. The molecule has 244 valence electrons. The number of rotatable bonds is 13. The second-order valence-corrected chi connectivity index (χ2v) is 13.3. The molecule has 1 aromatic carbocycles. The van der Waals surface area contributed by atoms with Gasteiger partial charge < -0.3 is 39.3 Å². The van der Waals surface area contributed by atoms with Gasteiger partial charge in [-0.2, -0.15) is 0 Å². The number of ether oxygens (including phenoxy) is 6. The first-order valence-corrected chi connectivity index (χ1v) is 14.4. The van der Waals surface area contributed by atoms with E-state index in [1.165, 1.54) is 18.2 Å². The maximum atomic E-state index is 12.6. The minimum atomic E-state index is -1.44. The van der Waals surface area contributed by atoms with Crippen LogP contribution in [0, 0.1) is 22.7 Å². The second kappa shape index (κ2) is 16.3. The molecule has 0 aliphatic rings. The van der Waals surface area contributed by atoms with Gasteiger partial charge in [-0.15, -0.1) is 0 Å². The van der Waals surface area contributed by atoms with Crippen LogP contribution in [0.3, 0.4) is 0 Å². The van der Waals surface area contributed by atoms with Gasteiger partial charge in [0.25, 0.3) is 0 Å². The Morgan fingerprint density at radius 3 is 1.79 bits per heavy atom. The SMILES string of the molecule is CCC(C)COC(=O)OC(C)C(C)C(c1ccc(OC(=O)OCC(C)(C)C)c(OC(=O)OCC(C)(C)C)c1)[C@H](N)C(=O)O. The maximum Gasteiger partial charge on any atom is 0.513 e. The molecule has 0 aromatic heterocycles. The Hall–Kier alpha value is -3.54. The third-order valence-corrected chi connectivity index (χ3v) is 6.43. The van der Waals surface area contributed by atoms with E-state index in [1.54, 1.807) is 13.8 Å². The second-order valence-electron chi connectivity index (χ2n) is 13.3. The minimum absolute atomic E-state index is 0.0425. The van der Waals surface area contributed by atoms with Gasteiger partial charge in [-0.1, -0.05) is 74.8 Å². The molecule has 1 rings (SSSR count). The highest BCUT2D eigenvalue weighted by molar-refractivity contribution is 5.75. The molecular weight excluding hydrogens is 562 g/mol. The lowest BCUT2D eigenvalue weighted by Crippen LogP contribution is -2.42. The summed E-state index contributed by atoms with van der Waals surface area (Å²) in [6, 6.07) is 2.71. The Labute approximate surface area is 254 Å². The standard InChI is InChI=1S/C31H49NO11/c1-11-18(2)15-38-27(35)41-20(4)19(3)24(25(32)26(33)34)21-12-13-22(42-28(36)39-16-30(5,6)7)23(14-21)43-29(37)40-17-31(8,9)10/h12-14,18-20,24-25H,11,15-17,32H2,1-10H3,(H,33,34)/t18?,19?,20?,24?,25-/m0/s1. The summed E-state index contributed by atoms with van der Waals surface area (Å²) >= 11 is 0. The summed E-state index contributed by atoms with van der Waals surface area (Å²) in [7, 11) is 0. The molecule has 0 saturated heterocycles. The summed E-state index contributed by atoms with van der Waals surface area (Å²) in [6.07, 6.45) is -2.97. The monoisotopic (exact) mass is 611 g/mol. The van der Waals surface area contributed by atoms with Crippen molar-refractivity contribution in [3.63, 3.8) is 0 Å². The van der Waals surface area contributed by atoms with Crippen LogP contribution in [0.2, 0.25) is 0 Å². The Morgan fingerprint density at radius 1 is 0.814 bits per heavy atom. The van der Waals surface area contributed by atoms with Crippen LogP contribution < -0.4 is 15.2 Å². The molecule has 0 amide bonds. The Balaban J connectivity index is 3.39. The van der Waals surface area contributed by atoms with Gasteiger partial charge in [0.15, 0.2) is 11.5 Å². The van der Waals surface area contributed by atoms with Gasteiger partial charge in [0.2, 0.25) is 0 Å². The van der Waals surface area contributed by atoms with Gasteiger partial charge in [-0.05, 0) is 41.4 Å². The van der Waals surface area contributed by atoms with Crippen molar-refractivity contribution >= 4 is 24.4 Å². The zero-order valence-corrected chi connectivity index (χ0v) is 27.1. The van der Waals surface area contributed by atoms with E-state index < -0.39 is 48.4 Å². The van der Waals surface area contributed by atoms with E-state index in [1.807, 2.05) is 55.4 Å². The van der Waals surface area contributed by atoms with Crippen molar-refractivity contribution in [2.75, 3.05) is 19.8 Å². The first kappa shape index (κ1) is 37.5. The summed E-state index contributed by atoms with van der Waals surface area (Å²) in [6.45, 7) is 18.7. The van der Waals surface area contributed by atoms with Gasteiger partial charge in [-0.3, -0.25) is 4.79 Å². The average Bonchev–Trinajstić information content (AvgIpc) is 2.89. The van der Waals surface area contributed by atoms with Crippen LogP contribution in [0.1, 0.15) is 87.1 Å². The summed E-state index contributed by atoms with van der Waals surface area (Å²) in [4.78, 5) is 49.3. The number of nitrogens with two attached hydrogens (primary N) is 1. The quantitative estimate of drug-likeness (QED) is 0.141. The van der Waals surface area contributed by atoms with Crippen LogP contribution >= 0.6 is 0 Å². The van der Waals surface area contributed by atoms with Crippen molar-refractivity contribution in [1.82, 2.24) is 0 Å². The molecule has 0 radical (unpaired) electrons. The predicted octanol–water partition coefficient (Wildman–Crippen LogP) is 6.53. The van der Waals surface area contributed by atoms with Crippen molar-refractivity contribution in [3.05, 3.63) is 23.8 Å². The molecule has 1 aromatic rings. The first-order valence-electron chi connectivity index (χ1n) is 14.4. The van der Waals surface area contributed by atoms with Gasteiger partial charge >= 0.3 is 24.4 Å². The van der Waals surface area contributed by atoms with Crippen LogP contribution in [0.4, 0.5) is 14.4 Å². The predicted molar refractivity (Wildman–Crippen MR) is 158 cm³/mol. The Kier molecular flexibility index (Phi) is 14.2. The first-order chi connectivity index (χ1) is 19.7. The molecule has 12 heteroatoms. The fourth-order valence-corrected chi connectivity index (χ4v) is 3.59. The Morgan fingerprint density at radius 2 is 1.33 bits per heavy atom. The number of carboxylic acids is 1. The number of carbonyl (C=O) groups excluding carboxylic acids is 3. The molecule has 12 nitrogen and oxygen atoms in total. The molecule has 0 spiro atoms. The average molecular weight is 612 g/mol. The summed E-state index contributed by atoms with van der Waals surface area (Å²) < 4.78 is 31.7. The van der Waals surface area contributed by atoms with Crippen LogP contribution in [-0.2, 0) is 23.7 Å². The molecule has 0 fully saturated rings. The fourth-order valence-electron chi connectivity index (χ4n) is 3.59. The number of aliphatic carboxylic acids is 1. The highest BCUT2D eigenvalue weighted by Crippen LogP contribution is 2.37. The van der Waals surface area contributed by atoms with Crippen LogP contribution in [0.5, 0.6) is 11.5 Å².